The van der Waals surface area contributed by atoms with E-state index in [9.17, 15) is 9.90 Å². The average molecular weight is 206 g/mol. The summed E-state index contributed by atoms with van der Waals surface area (Å²) < 4.78 is 1.11. The Balaban J connectivity index is 2.46. The van der Waals surface area contributed by atoms with Crippen LogP contribution in [0.4, 0.5) is 0 Å². The van der Waals surface area contributed by atoms with Crippen molar-refractivity contribution in [3.8, 4) is 5.75 Å². The predicted octanol–water partition coefficient (Wildman–Crippen LogP) is 2.74. The fourth-order valence-corrected chi connectivity index (χ4v) is 2.53. The Morgan fingerprint density at radius 2 is 2.21 bits per heavy atom. The molecule has 0 aliphatic rings. The highest BCUT2D eigenvalue weighted by atomic mass is 32.1. The molecular formula is C11H10O2S. The molecule has 2 aromatic rings. The van der Waals surface area contributed by atoms with Crippen LogP contribution in [0.5, 0.6) is 5.75 Å². The number of fused-ring (bicyclic) bond motifs is 1. The summed E-state index contributed by atoms with van der Waals surface area (Å²) in [4.78, 5) is 12.0. The van der Waals surface area contributed by atoms with Gasteiger partial charge in [0, 0.05) is 16.0 Å². The maximum atomic E-state index is 10.9. The largest absolute Gasteiger partial charge is 0.508 e. The van der Waals surface area contributed by atoms with Crippen molar-refractivity contribution in [2.24, 2.45) is 0 Å². The Morgan fingerprint density at radius 3 is 2.93 bits per heavy atom. The first kappa shape index (κ1) is 9.21. The number of Topliss-reactive ketones (excluding diaryl/α,β-unsaturated/α-hetero) is 1. The van der Waals surface area contributed by atoms with Crippen LogP contribution in [0, 0.1) is 0 Å². The van der Waals surface area contributed by atoms with E-state index in [1.54, 1.807) is 30.4 Å². The van der Waals surface area contributed by atoms with Gasteiger partial charge in [-0.15, -0.1) is 11.3 Å². The van der Waals surface area contributed by atoms with Crippen LogP contribution in [0.2, 0.25) is 0 Å². The third kappa shape index (κ3) is 1.77. The minimum atomic E-state index is 0.167. The van der Waals surface area contributed by atoms with Gasteiger partial charge in [0.15, 0.2) is 0 Å². The number of benzene rings is 1. The lowest BCUT2D eigenvalue weighted by atomic mass is 10.2. The maximum Gasteiger partial charge on any atom is 0.135 e. The number of carbonyl (C=O) groups excluding carboxylic acids is 1. The van der Waals surface area contributed by atoms with Gasteiger partial charge in [-0.25, -0.2) is 0 Å². The van der Waals surface area contributed by atoms with E-state index in [1.165, 1.54) is 0 Å². The molecule has 2 nitrogen and oxygen atoms in total. The highest BCUT2D eigenvalue weighted by molar-refractivity contribution is 7.19. The number of ketones is 1. The van der Waals surface area contributed by atoms with Gasteiger partial charge in [-0.05, 0) is 36.6 Å². The van der Waals surface area contributed by atoms with E-state index in [2.05, 4.69) is 0 Å². The van der Waals surface area contributed by atoms with E-state index in [0.717, 1.165) is 15.0 Å². The van der Waals surface area contributed by atoms with Crippen molar-refractivity contribution in [3.05, 3.63) is 29.1 Å². The second-order valence-electron chi connectivity index (χ2n) is 3.31. The van der Waals surface area contributed by atoms with Gasteiger partial charge >= 0.3 is 0 Å². The van der Waals surface area contributed by atoms with Gasteiger partial charge < -0.3 is 5.11 Å². The molecule has 3 heteroatoms. The van der Waals surface area contributed by atoms with Gasteiger partial charge in [-0.1, -0.05) is 0 Å². The van der Waals surface area contributed by atoms with E-state index in [4.69, 9.17) is 0 Å². The summed E-state index contributed by atoms with van der Waals surface area (Å²) in [6.07, 6.45) is 0.486. The van der Waals surface area contributed by atoms with Crippen molar-refractivity contribution in [1.29, 1.82) is 0 Å². The van der Waals surface area contributed by atoms with Crippen LogP contribution in [0.25, 0.3) is 10.1 Å². The molecule has 0 unspecified atom stereocenters. The Bertz CT molecular complexity index is 485. The van der Waals surface area contributed by atoms with E-state index in [0.29, 0.717) is 6.42 Å². The van der Waals surface area contributed by atoms with Gasteiger partial charge in [0.25, 0.3) is 0 Å². The number of hydrogen-bond acceptors (Lipinski definition) is 3. The average Bonchev–Trinajstić information content (AvgIpc) is 2.44. The molecule has 0 saturated heterocycles. The second kappa shape index (κ2) is 3.42. The minimum absolute atomic E-state index is 0.167. The Labute approximate surface area is 85.8 Å². The van der Waals surface area contributed by atoms with E-state index >= 15 is 0 Å². The fourth-order valence-electron chi connectivity index (χ4n) is 1.42. The van der Waals surface area contributed by atoms with Crippen LogP contribution in [0.15, 0.2) is 24.3 Å². The number of phenolic OH excluding ortho intramolecular Hbond substituents is 1. The first-order chi connectivity index (χ1) is 6.65. The molecule has 0 aliphatic heterocycles. The zero-order valence-electron chi connectivity index (χ0n) is 7.78. The van der Waals surface area contributed by atoms with Crippen molar-refractivity contribution in [1.82, 2.24) is 0 Å². The highest BCUT2D eigenvalue weighted by Crippen LogP contribution is 2.28. The molecule has 0 bridgehead atoms. The normalized spacial score (nSPS) is 10.6. The third-order valence-electron chi connectivity index (χ3n) is 1.97. The third-order valence-corrected chi connectivity index (χ3v) is 3.09. The molecule has 1 aromatic carbocycles. The van der Waals surface area contributed by atoms with Gasteiger partial charge in [0.1, 0.15) is 11.5 Å². The molecule has 0 atom stereocenters. The van der Waals surface area contributed by atoms with Crippen LogP contribution in [0.3, 0.4) is 0 Å². The molecule has 1 heterocycles. The summed E-state index contributed by atoms with van der Waals surface area (Å²) >= 11 is 1.60. The molecule has 0 aliphatic carbocycles. The van der Waals surface area contributed by atoms with Gasteiger partial charge in [0.2, 0.25) is 0 Å². The Kier molecular flexibility index (Phi) is 2.25. The number of hydrogen-bond donors (Lipinski definition) is 1. The van der Waals surface area contributed by atoms with Crippen LogP contribution in [-0.4, -0.2) is 10.9 Å². The molecule has 14 heavy (non-hydrogen) atoms. The molecule has 0 spiro atoms. The smallest absolute Gasteiger partial charge is 0.135 e. The number of carbonyl (C=O) groups is 1. The summed E-state index contributed by atoms with van der Waals surface area (Å²) in [5.41, 5.74) is 0. The monoisotopic (exact) mass is 206 g/mol. The van der Waals surface area contributed by atoms with Crippen LogP contribution in [-0.2, 0) is 11.2 Å². The van der Waals surface area contributed by atoms with Crippen LogP contribution >= 0.6 is 11.3 Å². The molecule has 1 N–H and O–H groups in total. The molecular weight excluding hydrogens is 196 g/mol. The Hall–Kier alpha value is -1.35. The molecule has 0 saturated carbocycles. The lowest BCUT2D eigenvalue weighted by Crippen LogP contribution is -1.92. The molecule has 2 rings (SSSR count). The lowest BCUT2D eigenvalue weighted by Gasteiger charge is -1.89. The summed E-state index contributed by atoms with van der Waals surface area (Å²) in [7, 11) is 0. The molecule has 1 aromatic heterocycles. The van der Waals surface area contributed by atoms with Crippen molar-refractivity contribution in [3.63, 3.8) is 0 Å². The van der Waals surface area contributed by atoms with E-state index < -0.39 is 0 Å². The zero-order valence-corrected chi connectivity index (χ0v) is 8.60. The quantitative estimate of drug-likeness (QED) is 0.820. The van der Waals surface area contributed by atoms with Gasteiger partial charge in [-0.3, -0.25) is 4.79 Å². The van der Waals surface area contributed by atoms with Crippen molar-refractivity contribution < 1.29 is 9.90 Å². The first-order valence-corrected chi connectivity index (χ1v) is 5.17. The van der Waals surface area contributed by atoms with Crippen molar-refractivity contribution >= 4 is 27.2 Å². The SMILES string of the molecule is CC(=O)Cc1cc2cc(O)ccc2s1. The number of thiophene rings is 1. The minimum Gasteiger partial charge on any atom is -0.508 e. The number of phenols is 1. The van der Waals surface area contributed by atoms with Crippen molar-refractivity contribution in [2.75, 3.05) is 0 Å². The van der Waals surface area contributed by atoms with Gasteiger partial charge in [0.05, 0.1) is 0 Å². The molecule has 0 radical (unpaired) electrons. The van der Waals surface area contributed by atoms with E-state index in [-0.39, 0.29) is 11.5 Å². The van der Waals surface area contributed by atoms with E-state index in [1.807, 2.05) is 12.1 Å². The summed E-state index contributed by atoms with van der Waals surface area (Å²) in [6.45, 7) is 1.59. The fraction of sp³-hybridized carbons (Fsp3) is 0.182. The van der Waals surface area contributed by atoms with Crippen molar-refractivity contribution in [2.45, 2.75) is 13.3 Å². The highest BCUT2D eigenvalue weighted by Gasteiger charge is 2.04. The molecule has 0 amide bonds. The summed E-state index contributed by atoms with van der Waals surface area (Å²) in [6, 6.07) is 7.21. The second-order valence-corrected chi connectivity index (χ2v) is 4.48. The number of rotatable bonds is 2. The predicted molar refractivity (Wildman–Crippen MR) is 57.9 cm³/mol. The van der Waals surface area contributed by atoms with Crippen LogP contribution in [0.1, 0.15) is 11.8 Å². The molecule has 0 fully saturated rings. The number of aromatic hydroxyl groups is 1. The first-order valence-electron chi connectivity index (χ1n) is 4.36. The van der Waals surface area contributed by atoms with Gasteiger partial charge in [-0.2, -0.15) is 0 Å². The Morgan fingerprint density at radius 1 is 1.43 bits per heavy atom. The zero-order chi connectivity index (χ0) is 10.1. The topological polar surface area (TPSA) is 37.3 Å². The summed E-state index contributed by atoms with van der Waals surface area (Å²) in [5, 5.41) is 10.3. The lowest BCUT2D eigenvalue weighted by molar-refractivity contribution is -0.116. The summed E-state index contributed by atoms with van der Waals surface area (Å²) in [5.74, 6) is 0.436. The van der Waals surface area contributed by atoms with Crippen LogP contribution < -0.4 is 0 Å². The standard InChI is InChI=1S/C11H10O2S/c1-7(12)4-10-6-8-5-9(13)2-3-11(8)14-10/h2-3,5-6,13H,4H2,1H3. The molecule has 72 valence electrons. The maximum absolute atomic E-state index is 10.9.